The summed E-state index contributed by atoms with van der Waals surface area (Å²) in [7, 11) is 0. The summed E-state index contributed by atoms with van der Waals surface area (Å²) >= 11 is 6.05. The van der Waals surface area contributed by atoms with E-state index in [0.29, 0.717) is 22.9 Å². The first kappa shape index (κ1) is 15.3. The molecule has 1 saturated carbocycles. The topological polar surface area (TPSA) is 57.6 Å². The van der Waals surface area contributed by atoms with Crippen molar-refractivity contribution in [1.82, 2.24) is 4.90 Å². The number of fused-ring (bicyclic) bond motifs is 1. The summed E-state index contributed by atoms with van der Waals surface area (Å²) in [5, 5.41) is 10.0. The fourth-order valence-electron chi connectivity index (χ4n) is 3.98. The molecule has 4 nitrogen and oxygen atoms in total. The number of hydrogen-bond donors (Lipinski definition) is 1. The molecule has 0 radical (unpaired) electrons. The molecule has 2 aliphatic rings. The van der Waals surface area contributed by atoms with E-state index in [1.54, 1.807) is 23.1 Å². The van der Waals surface area contributed by atoms with E-state index in [1.165, 1.54) is 0 Å². The number of hydrogen-bond acceptors (Lipinski definition) is 2. The minimum absolute atomic E-state index is 0.0571. The fourth-order valence-corrected chi connectivity index (χ4v) is 4.27. The second-order valence-corrected chi connectivity index (χ2v) is 6.87. The molecule has 1 aliphatic carbocycles. The summed E-state index contributed by atoms with van der Waals surface area (Å²) in [4.78, 5) is 26.1. The number of amides is 1. The Morgan fingerprint density at radius 1 is 1.23 bits per heavy atom. The van der Waals surface area contributed by atoms with Crippen LogP contribution in [0.1, 0.15) is 48.0 Å². The number of benzene rings is 1. The van der Waals surface area contributed by atoms with Crippen LogP contribution in [0.25, 0.3) is 0 Å². The number of rotatable bonds is 2. The van der Waals surface area contributed by atoms with Gasteiger partial charge in [0.25, 0.3) is 5.91 Å². The standard InChI is InChI=1S/C17H20ClNO3/c1-10-6-12(8-13(18)7-10)16(20)19-14-5-3-2-4-11(14)9-15(19)17(21)22/h6-8,11,14-15H,2-5,9H2,1H3,(H,21,22). The number of aliphatic carboxylic acids is 1. The third-order valence-electron chi connectivity index (χ3n) is 4.90. The summed E-state index contributed by atoms with van der Waals surface area (Å²) < 4.78 is 0. The minimum atomic E-state index is -0.901. The van der Waals surface area contributed by atoms with Crippen molar-refractivity contribution in [2.75, 3.05) is 0 Å². The first-order valence-electron chi connectivity index (χ1n) is 7.80. The molecule has 3 rings (SSSR count). The molecule has 3 atom stereocenters. The van der Waals surface area contributed by atoms with Crippen LogP contribution in [0.2, 0.25) is 5.02 Å². The Morgan fingerprint density at radius 3 is 2.64 bits per heavy atom. The van der Waals surface area contributed by atoms with Crippen LogP contribution in [0.15, 0.2) is 18.2 Å². The van der Waals surface area contributed by atoms with Crippen molar-refractivity contribution in [2.45, 2.75) is 51.1 Å². The average molecular weight is 322 g/mol. The van der Waals surface area contributed by atoms with Crippen molar-refractivity contribution in [3.63, 3.8) is 0 Å². The van der Waals surface area contributed by atoms with Crippen LogP contribution in [-0.4, -0.2) is 34.0 Å². The van der Waals surface area contributed by atoms with E-state index in [2.05, 4.69) is 0 Å². The van der Waals surface area contributed by atoms with Gasteiger partial charge in [-0.05, 0) is 55.9 Å². The van der Waals surface area contributed by atoms with E-state index in [1.807, 2.05) is 6.92 Å². The molecule has 1 saturated heterocycles. The smallest absolute Gasteiger partial charge is 0.326 e. The second-order valence-electron chi connectivity index (χ2n) is 6.43. The molecule has 22 heavy (non-hydrogen) atoms. The third kappa shape index (κ3) is 2.72. The van der Waals surface area contributed by atoms with Crippen LogP contribution in [0.5, 0.6) is 0 Å². The summed E-state index contributed by atoms with van der Waals surface area (Å²) in [6, 6.07) is 4.55. The number of carbonyl (C=O) groups is 2. The summed E-state index contributed by atoms with van der Waals surface area (Å²) in [5.41, 5.74) is 1.39. The average Bonchev–Trinajstić information content (AvgIpc) is 2.85. The zero-order valence-electron chi connectivity index (χ0n) is 12.6. The Labute approximate surface area is 135 Å². The number of nitrogens with zero attached hydrogens (tertiary/aromatic N) is 1. The van der Waals surface area contributed by atoms with E-state index in [-0.39, 0.29) is 11.9 Å². The molecular formula is C17H20ClNO3. The number of carboxylic acids is 1. The number of halogens is 1. The Kier molecular flexibility index (Phi) is 4.13. The maximum absolute atomic E-state index is 12.9. The molecule has 3 unspecified atom stereocenters. The van der Waals surface area contributed by atoms with Crippen LogP contribution >= 0.6 is 11.6 Å². The quantitative estimate of drug-likeness (QED) is 0.907. The van der Waals surface area contributed by atoms with Crippen LogP contribution in [-0.2, 0) is 4.79 Å². The van der Waals surface area contributed by atoms with Crippen LogP contribution in [0.3, 0.4) is 0 Å². The van der Waals surface area contributed by atoms with Gasteiger partial charge in [-0.1, -0.05) is 24.4 Å². The predicted molar refractivity (Wildman–Crippen MR) is 84.1 cm³/mol. The van der Waals surface area contributed by atoms with E-state index in [0.717, 1.165) is 31.2 Å². The lowest BCUT2D eigenvalue weighted by Crippen LogP contribution is -2.46. The maximum Gasteiger partial charge on any atom is 0.326 e. The molecule has 118 valence electrons. The Bertz CT molecular complexity index is 596. The largest absolute Gasteiger partial charge is 0.480 e. The van der Waals surface area contributed by atoms with Crippen molar-refractivity contribution in [3.8, 4) is 0 Å². The molecule has 1 aliphatic heterocycles. The SMILES string of the molecule is Cc1cc(Cl)cc(C(=O)N2C(C(=O)O)CC3CCCCC32)c1. The van der Waals surface area contributed by atoms with Crippen LogP contribution in [0.4, 0.5) is 0 Å². The lowest BCUT2D eigenvalue weighted by molar-refractivity contribution is -0.141. The number of likely N-dealkylation sites (tertiary alicyclic amines) is 1. The Balaban J connectivity index is 1.95. The van der Waals surface area contributed by atoms with Gasteiger partial charge in [0.1, 0.15) is 6.04 Å². The normalized spacial score (nSPS) is 27.5. The van der Waals surface area contributed by atoms with Gasteiger partial charge < -0.3 is 10.0 Å². The van der Waals surface area contributed by atoms with Crippen LogP contribution in [0, 0.1) is 12.8 Å². The molecule has 1 N–H and O–H groups in total. The number of aryl methyl sites for hydroxylation is 1. The highest BCUT2D eigenvalue weighted by Crippen LogP contribution is 2.40. The summed E-state index contributed by atoms with van der Waals surface area (Å²) in [5.74, 6) is -0.784. The number of carboxylic acid groups (broad SMARTS) is 1. The van der Waals surface area contributed by atoms with Gasteiger partial charge in [0.15, 0.2) is 0 Å². The Morgan fingerprint density at radius 2 is 1.95 bits per heavy atom. The van der Waals surface area contributed by atoms with E-state index in [4.69, 9.17) is 11.6 Å². The van der Waals surface area contributed by atoms with E-state index in [9.17, 15) is 14.7 Å². The fraction of sp³-hybridized carbons (Fsp3) is 0.529. The van der Waals surface area contributed by atoms with Gasteiger partial charge in [0.2, 0.25) is 0 Å². The van der Waals surface area contributed by atoms with Gasteiger partial charge in [0.05, 0.1) is 0 Å². The van der Waals surface area contributed by atoms with Gasteiger partial charge in [-0.25, -0.2) is 4.79 Å². The third-order valence-corrected chi connectivity index (χ3v) is 5.11. The predicted octanol–water partition coefficient (Wildman–Crippen LogP) is 3.51. The molecule has 0 aromatic heterocycles. The molecule has 1 heterocycles. The van der Waals surface area contributed by atoms with Crippen molar-refractivity contribution in [2.24, 2.45) is 5.92 Å². The van der Waals surface area contributed by atoms with Crippen LogP contribution < -0.4 is 0 Å². The maximum atomic E-state index is 12.9. The monoisotopic (exact) mass is 321 g/mol. The molecule has 5 heteroatoms. The van der Waals surface area contributed by atoms with Gasteiger partial charge in [-0.2, -0.15) is 0 Å². The first-order valence-corrected chi connectivity index (χ1v) is 8.18. The van der Waals surface area contributed by atoms with Gasteiger partial charge in [-0.3, -0.25) is 4.79 Å². The lowest BCUT2D eigenvalue weighted by atomic mass is 9.84. The number of carbonyl (C=O) groups excluding carboxylic acids is 1. The molecule has 1 aromatic carbocycles. The molecule has 0 spiro atoms. The van der Waals surface area contributed by atoms with Gasteiger partial charge >= 0.3 is 5.97 Å². The minimum Gasteiger partial charge on any atom is -0.480 e. The lowest BCUT2D eigenvalue weighted by Gasteiger charge is -2.33. The first-order chi connectivity index (χ1) is 10.5. The highest BCUT2D eigenvalue weighted by atomic mass is 35.5. The van der Waals surface area contributed by atoms with Crippen molar-refractivity contribution >= 4 is 23.5 Å². The molecule has 1 aromatic rings. The highest BCUT2D eigenvalue weighted by Gasteiger charge is 2.47. The molecule has 2 fully saturated rings. The van der Waals surface area contributed by atoms with Crippen molar-refractivity contribution in [1.29, 1.82) is 0 Å². The summed E-state index contributed by atoms with van der Waals surface area (Å²) in [6.45, 7) is 1.88. The van der Waals surface area contributed by atoms with Crippen molar-refractivity contribution in [3.05, 3.63) is 34.3 Å². The van der Waals surface area contributed by atoms with Crippen molar-refractivity contribution < 1.29 is 14.7 Å². The Hall–Kier alpha value is -1.55. The summed E-state index contributed by atoms with van der Waals surface area (Å²) in [6.07, 6.45) is 4.69. The van der Waals surface area contributed by atoms with Gasteiger partial charge in [-0.15, -0.1) is 0 Å². The van der Waals surface area contributed by atoms with Gasteiger partial charge in [0, 0.05) is 16.6 Å². The van der Waals surface area contributed by atoms with E-state index >= 15 is 0 Å². The molecule has 1 amide bonds. The highest BCUT2D eigenvalue weighted by molar-refractivity contribution is 6.31. The zero-order valence-corrected chi connectivity index (χ0v) is 13.3. The second kappa shape index (κ2) is 5.92. The molecule has 0 bridgehead atoms. The molecular weight excluding hydrogens is 302 g/mol. The zero-order chi connectivity index (χ0) is 15.9. The van der Waals surface area contributed by atoms with E-state index < -0.39 is 12.0 Å².